The Kier molecular flexibility index (Phi) is 3.37. The first-order valence-electron chi connectivity index (χ1n) is 6.70. The quantitative estimate of drug-likeness (QED) is 0.679. The van der Waals surface area contributed by atoms with E-state index in [9.17, 15) is 0 Å². The van der Waals surface area contributed by atoms with Crippen molar-refractivity contribution < 1.29 is 0 Å². The maximum atomic E-state index is 2.36. The highest BCUT2D eigenvalue weighted by molar-refractivity contribution is 5.39. The molecule has 1 aromatic rings. The monoisotopic (exact) mass is 216 g/mol. The van der Waals surface area contributed by atoms with Crippen molar-refractivity contribution in [3.8, 4) is 0 Å². The molecule has 0 N–H and O–H groups in total. The summed E-state index contributed by atoms with van der Waals surface area (Å²) in [4.78, 5) is 0. The Balaban J connectivity index is 2.31. The standard InChI is InChI=1S/C16H24/c1-11(2)13-8-9-16-14(10-13)6-5-7-15(16)12(3)4/h5-7,11-13H,8-10H2,1-4H3. The molecule has 0 fully saturated rings. The zero-order valence-electron chi connectivity index (χ0n) is 11.1. The lowest BCUT2D eigenvalue weighted by atomic mass is 9.76. The molecule has 0 aromatic heterocycles. The fourth-order valence-corrected chi connectivity index (χ4v) is 2.97. The van der Waals surface area contributed by atoms with Crippen LogP contribution in [0.3, 0.4) is 0 Å². The van der Waals surface area contributed by atoms with Gasteiger partial charge < -0.3 is 0 Å². The van der Waals surface area contributed by atoms with Crippen LogP contribution in [0.5, 0.6) is 0 Å². The normalized spacial score (nSPS) is 20.2. The molecule has 1 atom stereocenters. The summed E-state index contributed by atoms with van der Waals surface area (Å²) in [5.41, 5.74) is 4.87. The van der Waals surface area contributed by atoms with Crippen LogP contribution in [0.15, 0.2) is 18.2 Å². The third-order valence-electron chi connectivity index (χ3n) is 4.12. The van der Waals surface area contributed by atoms with Crippen molar-refractivity contribution in [3.05, 3.63) is 34.9 Å². The minimum Gasteiger partial charge on any atom is -0.0625 e. The fraction of sp³-hybridized carbons (Fsp3) is 0.625. The van der Waals surface area contributed by atoms with E-state index in [-0.39, 0.29) is 0 Å². The molecule has 0 bridgehead atoms. The molecule has 16 heavy (non-hydrogen) atoms. The van der Waals surface area contributed by atoms with Gasteiger partial charge in [0.15, 0.2) is 0 Å². The van der Waals surface area contributed by atoms with Gasteiger partial charge in [-0.3, -0.25) is 0 Å². The van der Waals surface area contributed by atoms with Gasteiger partial charge in [0.05, 0.1) is 0 Å². The molecule has 0 aliphatic heterocycles. The number of benzene rings is 1. The molecule has 0 heterocycles. The summed E-state index contributed by atoms with van der Waals surface area (Å²) >= 11 is 0. The maximum absolute atomic E-state index is 2.36. The van der Waals surface area contributed by atoms with E-state index in [0.29, 0.717) is 5.92 Å². The highest BCUT2D eigenvalue weighted by Gasteiger charge is 2.23. The molecular formula is C16H24. The molecule has 1 unspecified atom stereocenters. The van der Waals surface area contributed by atoms with Crippen LogP contribution in [-0.4, -0.2) is 0 Å². The topological polar surface area (TPSA) is 0 Å². The van der Waals surface area contributed by atoms with E-state index in [2.05, 4.69) is 45.9 Å². The average Bonchev–Trinajstić information content (AvgIpc) is 2.27. The molecule has 0 radical (unpaired) electrons. The SMILES string of the molecule is CC(C)c1cccc2c1CCC(C(C)C)C2. The second-order valence-corrected chi connectivity index (χ2v) is 5.89. The number of fused-ring (bicyclic) bond motifs is 1. The van der Waals surface area contributed by atoms with Crippen molar-refractivity contribution in [2.45, 2.75) is 52.9 Å². The summed E-state index contributed by atoms with van der Waals surface area (Å²) < 4.78 is 0. The molecular weight excluding hydrogens is 192 g/mol. The average molecular weight is 216 g/mol. The van der Waals surface area contributed by atoms with Crippen LogP contribution >= 0.6 is 0 Å². The van der Waals surface area contributed by atoms with Crippen molar-refractivity contribution in [2.75, 3.05) is 0 Å². The van der Waals surface area contributed by atoms with Gasteiger partial charge in [0, 0.05) is 0 Å². The van der Waals surface area contributed by atoms with E-state index >= 15 is 0 Å². The molecule has 0 amide bonds. The summed E-state index contributed by atoms with van der Waals surface area (Å²) in [7, 11) is 0. The molecule has 0 spiro atoms. The van der Waals surface area contributed by atoms with Gasteiger partial charge in [-0.15, -0.1) is 0 Å². The van der Waals surface area contributed by atoms with Crippen LogP contribution in [0.1, 0.15) is 56.7 Å². The summed E-state index contributed by atoms with van der Waals surface area (Å²) in [5, 5.41) is 0. The van der Waals surface area contributed by atoms with E-state index in [1.165, 1.54) is 19.3 Å². The maximum Gasteiger partial charge on any atom is -0.0216 e. The molecule has 2 rings (SSSR count). The zero-order chi connectivity index (χ0) is 11.7. The third-order valence-corrected chi connectivity index (χ3v) is 4.12. The zero-order valence-corrected chi connectivity index (χ0v) is 11.1. The molecule has 88 valence electrons. The smallest absolute Gasteiger partial charge is 0.0216 e. The lowest BCUT2D eigenvalue weighted by Crippen LogP contribution is -2.20. The molecule has 1 aliphatic rings. The van der Waals surface area contributed by atoms with Crippen molar-refractivity contribution in [3.63, 3.8) is 0 Å². The minimum absolute atomic E-state index is 0.672. The van der Waals surface area contributed by atoms with Crippen LogP contribution in [0, 0.1) is 11.8 Å². The summed E-state index contributed by atoms with van der Waals surface area (Å²) in [5.74, 6) is 2.40. The van der Waals surface area contributed by atoms with Crippen LogP contribution < -0.4 is 0 Å². The molecule has 0 saturated carbocycles. The molecule has 0 heteroatoms. The van der Waals surface area contributed by atoms with Gasteiger partial charge in [0.1, 0.15) is 0 Å². The minimum atomic E-state index is 0.672. The second-order valence-electron chi connectivity index (χ2n) is 5.89. The first kappa shape index (κ1) is 11.7. The van der Waals surface area contributed by atoms with Gasteiger partial charge >= 0.3 is 0 Å². The van der Waals surface area contributed by atoms with Crippen LogP contribution in [0.2, 0.25) is 0 Å². The predicted octanol–water partition coefficient (Wildman–Crippen LogP) is 4.57. The van der Waals surface area contributed by atoms with E-state index < -0.39 is 0 Å². The molecule has 0 saturated heterocycles. The number of hydrogen-bond acceptors (Lipinski definition) is 0. The van der Waals surface area contributed by atoms with E-state index in [1.807, 2.05) is 0 Å². The van der Waals surface area contributed by atoms with Gasteiger partial charge in [-0.1, -0.05) is 45.9 Å². The highest BCUT2D eigenvalue weighted by atomic mass is 14.3. The Morgan fingerprint density at radius 2 is 1.88 bits per heavy atom. The lowest BCUT2D eigenvalue weighted by molar-refractivity contribution is 0.342. The van der Waals surface area contributed by atoms with E-state index in [1.54, 1.807) is 16.7 Å². The first-order valence-corrected chi connectivity index (χ1v) is 6.70. The summed E-state index contributed by atoms with van der Waals surface area (Å²) in [6.07, 6.45) is 3.98. The van der Waals surface area contributed by atoms with Crippen molar-refractivity contribution >= 4 is 0 Å². The summed E-state index contributed by atoms with van der Waals surface area (Å²) in [6.45, 7) is 9.35. The molecule has 0 nitrogen and oxygen atoms in total. The third kappa shape index (κ3) is 2.16. The Labute approximate surface area is 100 Å². The lowest BCUT2D eigenvalue weighted by Gasteiger charge is -2.29. The molecule has 1 aromatic carbocycles. The van der Waals surface area contributed by atoms with Gasteiger partial charge in [-0.2, -0.15) is 0 Å². The van der Waals surface area contributed by atoms with Crippen LogP contribution in [-0.2, 0) is 12.8 Å². The number of hydrogen-bond donors (Lipinski definition) is 0. The van der Waals surface area contributed by atoms with Crippen LogP contribution in [0.25, 0.3) is 0 Å². The van der Waals surface area contributed by atoms with E-state index in [4.69, 9.17) is 0 Å². The Bertz CT molecular complexity index is 360. The highest BCUT2D eigenvalue weighted by Crippen LogP contribution is 2.34. The Morgan fingerprint density at radius 3 is 2.50 bits per heavy atom. The van der Waals surface area contributed by atoms with Gasteiger partial charge in [0.2, 0.25) is 0 Å². The van der Waals surface area contributed by atoms with Gasteiger partial charge in [-0.05, 0) is 53.7 Å². The van der Waals surface area contributed by atoms with Crippen molar-refractivity contribution in [2.24, 2.45) is 11.8 Å². The van der Waals surface area contributed by atoms with E-state index in [0.717, 1.165) is 11.8 Å². The molecule has 1 aliphatic carbocycles. The Morgan fingerprint density at radius 1 is 1.12 bits per heavy atom. The van der Waals surface area contributed by atoms with Crippen molar-refractivity contribution in [1.82, 2.24) is 0 Å². The van der Waals surface area contributed by atoms with Gasteiger partial charge in [0.25, 0.3) is 0 Å². The van der Waals surface area contributed by atoms with Crippen LogP contribution in [0.4, 0.5) is 0 Å². The number of rotatable bonds is 2. The largest absolute Gasteiger partial charge is 0.0625 e. The predicted molar refractivity (Wildman–Crippen MR) is 70.9 cm³/mol. The second kappa shape index (κ2) is 4.61. The van der Waals surface area contributed by atoms with Gasteiger partial charge in [-0.25, -0.2) is 0 Å². The summed E-state index contributed by atoms with van der Waals surface area (Å²) in [6, 6.07) is 6.91. The first-order chi connectivity index (χ1) is 7.59. The Hall–Kier alpha value is -0.780. The van der Waals surface area contributed by atoms with Crippen molar-refractivity contribution in [1.29, 1.82) is 0 Å². The fourth-order valence-electron chi connectivity index (χ4n) is 2.97.